The van der Waals surface area contributed by atoms with Crippen LogP contribution in [0, 0.1) is 5.82 Å². The number of para-hydroxylation sites is 1. The highest BCUT2D eigenvalue weighted by atomic mass is 19.1. The summed E-state index contributed by atoms with van der Waals surface area (Å²) in [6.45, 7) is 0.171. The second kappa shape index (κ2) is 4.69. The Morgan fingerprint density at radius 2 is 1.79 bits per heavy atom. The van der Waals surface area contributed by atoms with Gasteiger partial charge in [0.15, 0.2) is 5.78 Å². The van der Waals surface area contributed by atoms with Gasteiger partial charge in [0, 0.05) is 11.1 Å². The summed E-state index contributed by atoms with van der Waals surface area (Å²) in [4.78, 5) is 12.3. The van der Waals surface area contributed by atoms with E-state index in [1.165, 1.54) is 6.07 Å². The van der Waals surface area contributed by atoms with Crippen LogP contribution in [-0.4, -0.2) is 12.4 Å². The minimum Gasteiger partial charge on any atom is -0.488 e. The number of ketones is 1. The highest BCUT2D eigenvalue weighted by molar-refractivity contribution is 6.14. The molecule has 1 aliphatic heterocycles. The van der Waals surface area contributed by atoms with E-state index in [9.17, 15) is 9.18 Å². The van der Waals surface area contributed by atoms with Crippen LogP contribution in [-0.2, 0) is 0 Å². The van der Waals surface area contributed by atoms with E-state index in [0.717, 1.165) is 0 Å². The lowest BCUT2D eigenvalue weighted by Gasteiger charge is -2.18. The Morgan fingerprint density at radius 3 is 2.63 bits per heavy atom. The number of hydrogen-bond acceptors (Lipinski definition) is 2. The molecule has 0 bridgehead atoms. The van der Waals surface area contributed by atoms with Crippen LogP contribution in [0.5, 0.6) is 5.75 Å². The first kappa shape index (κ1) is 11.7. The molecule has 0 N–H and O–H groups in total. The fraction of sp³-hybridized carbons (Fsp3) is 0.0625. The van der Waals surface area contributed by atoms with E-state index in [0.29, 0.717) is 22.4 Å². The maximum absolute atomic E-state index is 13.6. The Morgan fingerprint density at radius 1 is 1.05 bits per heavy atom. The van der Waals surface area contributed by atoms with Gasteiger partial charge in [-0.15, -0.1) is 0 Å². The predicted octanol–water partition coefficient (Wildman–Crippen LogP) is 3.48. The molecule has 0 spiro atoms. The summed E-state index contributed by atoms with van der Waals surface area (Å²) in [5.41, 5.74) is 1.38. The maximum Gasteiger partial charge on any atom is 0.196 e. The molecule has 0 fully saturated rings. The number of carbonyl (C=O) groups excluding carboxylic acids is 1. The van der Waals surface area contributed by atoms with Gasteiger partial charge in [-0.3, -0.25) is 4.79 Å². The van der Waals surface area contributed by atoms with Gasteiger partial charge in [0.25, 0.3) is 0 Å². The molecule has 19 heavy (non-hydrogen) atoms. The lowest BCUT2D eigenvalue weighted by Crippen LogP contribution is -2.18. The highest BCUT2D eigenvalue weighted by Gasteiger charge is 2.22. The second-order valence-electron chi connectivity index (χ2n) is 4.31. The zero-order chi connectivity index (χ0) is 13.2. The van der Waals surface area contributed by atoms with Gasteiger partial charge in [-0.05, 0) is 24.3 Å². The van der Waals surface area contributed by atoms with Crippen LogP contribution < -0.4 is 4.74 Å². The molecule has 0 aromatic heterocycles. The van der Waals surface area contributed by atoms with E-state index in [-0.39, 0.29) is 18.2 Å². The number of ether oxygens (including phenoxy) is 1. The van der Waals surface area contributed by atoms with Crippen molar-refractivity contribution in [3.8, 4) is 5.75 Å². The van der Waals surface area contributed by atoms with Gasteiger partial charge in [0.1, 0.15) is 18.2 Å². The number of halogens is 1. The van der Waals surface area contributed by atoms with E-state index >= 15 is 0 Å². The molecule has 94 valence electrons. The maximum atomic E-state index is 13.6. The van der Waals surface area contributed by atoms with E-state index in [1.54, 1.807) is 42.5 Å². The van der Waals surface area contributed by atoms with Gasteiger partial charge >= 0.3 is 0 Å². The molecule has 1 aliphatic rings. The number of Topliss-reactive ketones (excluding diaryl/α,β-unsaturated/α-hetero) is 1. The lowest BCUT2D eigenvalue weighted by atomic mass is 9.98. The molecule has 0 atom stereocenters. The number of rotatable bonds is 1. The monoisotopic (exact) mass is 254 g/mol. The van der Waals surface area contributed by atoms with Gasteiger partial charge < -0.3 is 4.74 Å². The lowest BCUT2D eigenvalue weighted by molar-refractivity contribution is 0.100. The summed E-state index contributed by atoms with van der Waals surface area (Å²) in [6.07, 6.45) is 1.55. The first-order chi connectivity index (χ1) is 9.25. The van der Waals surface area contributed by atoms with E-state index < -0.39 is 0 Å². The Bertz CT molecular complexity index is 674. The van der Waals surface area contributed by atoms with Crippen molar-refractivity contribution < 1.29 is 13.9 Å². The van der Waals surface area contributed by atoms with Crippen molar-refractivity contribution in [1.82, 2.24) is 0 Å². The standard InChI is InChI=1S/C16H11FO2/c17-14-7-3-1-5-11(14)9-12-10-19-15-8-4-2-6-13(15)16(12)18/h1-9H,10H2/b12-9+. The summed E-state index contributed by atoms with van der Waals surface area (Å²) in [5, 5.41) is 0. The molecule has 0 aliphatic carbocycles. The molecule has 0 unspecified atom stereocenters. The third-order valence-electron chi connectivity index (χ3n) is 3.04. The minimum absolute atomic E-state index is 0.106. The average Bonchev–Trinajstić information content (AvgIpc) is 2.44. The number of benzene rings is 2. The number of carbonyl (C=O) groups is 1. The Kier molecular flexibility index (Phi) is 2.88. The van der Waals surface area contributed by atoms with Crippen LogP contribution in [0.15, 0.2) is 54.1 Å². The van der Waals surface area contributed by atoms with Crippen LogP contribution in [0.1, 0.15) is 15.9 Å². The fourth-order valence-electron chi connectivity index (χ4n) is 2.06. The SMILES string of the molecule is O=C1/C(=C/c2ccccc2F)COc2ccccc21. The zero-order valence-electron chi connectivity index (χ0n) is 10.1. The van der Waals surface area contributed by atoms with Crippen LogP contribution in [0.3, 0.4) is 0 Å². The Balaban J connectivity index is 2.01. The van der Waals surface area contributed by atoms with Crippen LogP contribution in [0.4, 0.5) is 4.39 Å². The molecule has 3 rings (SSSR count). The van der Waals surface area contributed by atoms with Crippen molar-refractivity contribution in [3.63, 3.8) is 0 Å². The van der Waals surface area contributed by atoms with Crippen LogP contribution >= 0.6 is 0 Å². The minimum atomic E-state index is -0.346. The molecular weight excluding hydrogens is 243 g/mol. The van der Waals surface area contributed by atoms with Crippen LogP contribution in [0.25, 0.3) is 6.08 Å². The van der Waals surface area contributed by atoms with Gasteiger partial charge in [-0.2, -0.15) is 0 Å². The van der Waals surface area contributed by atoms with Gasteiger partial charge in [-0.1, -0.05) is 30.3 Å². The second-order valence-corrected chi connectivity index (χ2v) is 4.31. The zero-order valence-corrected chi connectivity index (χ0v) is 10.1. The smallest absolute Gasteiger partial charge is 0.196 e. The average molecular weight is 254 g/mol. The molecule has 2 aromatic carbocycles. The summed E-state index contributed by atoms with van der Waals surface area (Å²) in [7, 11) is 0. The molecule has 0 saturated heterocycles. The largest absolute Gasteiger partial charge is 0.488 e. The van der Waals surface area contributed by atoms with E-state index in [1.807, 2.05) is 6.07 Å². The molecule has 0 saturated carbocycles. The Hall–Kier alpha value is -2.42. The van der Waals surface area contributed by atoms with E-state index in [2.05, 4.69) is 0 Å². The molecule has 2 aromatic rings. The fourth-order valence-corrected chi connectivity index (χ4v) is 2.06. The number of hydrogen-bond donors (Lipinski definition) is 0. The predicted molar refractivity (Wildman–Crippen MR) is 70.6 cm³/mol. The molecule has 0 radical (unpaired) electrons. The van der Waals surface area contributed by atoms with Crippen molar-refractivity contribution in [3.05, 3.63) is 71.0 Å². The summed E-state index contributed by atoms with van der Waals surface area (Å²) >= 11 is 0. The molecule has 3 heteroatoms. The van der Waals surface area contributed by atoms with Crippen molar-refractivity contribution >= 4 is 11.9 Å². The van der Waals surface area contributed by atoms with Crippen LogP contribution in [0.2, 0.25) is 0 Å². The first-order valence-electron chi connectivity index (χ1n) is 5.97. The first-order valence-corrected chi connectivity index (χ1v) is 5.97. The van der Waals surface area contributed by atoms with Crippen molar-refractivity contribution in [1.29, 1.82) is 0 Å². The van der Waals surface area contributed by atoms with Crippen molar-refractivity contribution in [2.45, 2.75) is 0 Å². The molecular formula is C16H11FO2. The summed E-state index contributed by atoms with van der Waals surface area (Å²) in [5.74, 6) is 0.130. The third-order valence-corrected chi connectivity index (χ3v) is 3.04. The Labute approximate surface area is 110 Å². The van der Waals surface area contributed by atoms with Crippen molar-refractivity contribution in [2.75, 3.05) is 6.61 Å². The van der Waals surface area contributed by atoms with Gasteiger partial charge in [0.05, 0.1) is 5.56 Å². The van der Waals surface area contributed by atoms with E-state index in [4.69, 9.17) is 4.74 Å². The van der Waals surface area contributed by atoms with Gasteiger partial charge in [-0.25, -0.2) is 4.39 Å². The molecule has 2 nitrogen and oxygen atoms in total. The van der Waals surface area contributed by atoms with Crippen molar-refractivity contribution in [2.24, 2.45) is 0 Å². The highest BCUT2D eigenvalue weighted by Crippen LogP contribution is 2.27. The molecule has 1 heterocycles. The molecule has 0 amide bonds. The third kappa shape index (κ3) is 2.15. The normalized spacial score (nSPS) is 16.1. The topological polar surface area (TPSA) is 26.3 Å². The summed E-state index contributed by atoms with van der Waals surface area (Å²) < 4.78 is 19.1. The van der Waals surface area contributed by atoms with Gasteiger partial charge in [0.2, 0.25) is 0 Å². The quantitative estimate of drug-likeness (QED) is 0.728. The number of fused-ring (bicyclic) bond motifs is 1. The summed E-state index contributed by atoms with van der Waals surface area (Å²) in [6, 6.07) is 13.4.